The molecule has 1 aromatic rings. The van der Waals surface area contributed by atoms with Crippen LogP contribution in [-0.2, 0) is 0 Å². The van der Waals surface area contributed by atoms with Crippen molar-refractivity contribution < 1.29 is 4.79 Å². The molecule has 1 amide bonds. The summed E-state index contributed by atoms with van der Waals surface area (Å²) in [5.74, 6) is 1.16. The maximum Gasteiger partial charge on any atom is 0.272 e. The minimum atomic E-state index is -0.144. The lowest BCUT2D eigenvalue weighted by atomic mass is 10.2. The van der Waals surface area contributed by atoms with Gasteiger partial charge in [-0.25, -0.2) is 9.97 Å². The van der Waals surface area contributed by atoms with Gasteiger partial charge in [0.2, 0.25) is 0 Å². The number of hydrogen-bond acceptors (Lipinski definition) is 4. The summed E-state index contributed by atoms with van der Waals surface area (Å²) in [6.45, 7) is 11.5. The van der Waals surface area contributed by atoms with Crippen LogP contribution in [0.1, 0.15) is 56.8 Å². The maximum absolute atomic E-state index is 12.2. The van der Waals surface area contributed by atoms with Gasteiger partial charge in [-0.05, 0) is 12.8 Å². The van der Waals surface area contributed by atoms with Gasteiger partial charge in [0.1, 0.15) is 5.82 Å². The molecule has 0 aromatic carbocycles. The Balaban J connectivity index is 2.99. The van der Waals surface area contributed by atoms with Crippen LogP contribution in [0.25, 0.3) is 0 Å². The molecule has 0 saturated carbocycles. The lowest BCUT2D eigenvalue weighted by Crippen LogP contribution is -2.29. The van der Waals surface area contributed by atoms with Gasteiger partial charge in [-0.3, -0.25) is 4.79 Å². The molecule has 0 bridgehead atoms. The van der Waals surface area contributed by atoms with Gasteiger partial charge in [0, 0.05) is 19.0 Å². The summed E-state index contributed by atoms with van der Waals surface area (Å²) in [4.78, 5) is 20.8. The van der Waals surface area contributed by atoms with Crippen LogP contribution in [0.3, 0.4) is 0 Å². The van der Waals surface area contributed by atoms with Gasteiger partial charge in [0.15, 0.2) is 5.69 Å². The van der Waals surface area contributed by atoms with Crippen LogP contribution < -0.4 is 10.6 Å². The molecule has 0 radical (unpaired) electrons. The van der Waals surface area contributed by atoms with E-state index in [9.17, 15) is 4.79 Å². The van der Waals surface area contributed by atoms with Crippen molar-refractivity contribution >= 4 is 11.6 Å². The zero-order valence-corrected chi connectivity index (χ0v) is 12.4. The number of carbonyl (C=O) groups excluding carboxylic acids is 1. The molecule has 1 heterocycles. The molecule has 0 fully saturated rings. The minimum absolute atomic E-state index is 0.144. The summed E-state index contributed by atoms with van der Waals surface area (Å²) in [7, 11) is 0. The molecule has 0 spiro atoms. The Morgan fingerprint density at radius 3 is 2.53 bits per heavy atom. The summed E-state index contributed by atoms with van der Waals surface area (Å²) in [5.41, 5.74) is 1.12. The van der Waals surface area contributed by atoms with Gasteiger partial charge < -0.3 is 10.6 Å². The van der Waals surface area contributed by atoms with Gasteiger partial charge in [-0.2, -0.15) is 0 Å². The third kappa shape index (κ3) is 4.50. The molecule has 2 N–H and O–H groups in total. The van der Waals surface area contributed by atoms with E-state index >= 15 is 0 Å². The van der Waals surface area contributed by atoms with Crippen LogP contribution in [0.4, 0.5) is 5.69 Å². The second kappa shape index (κ2) is 7.07. The van der Waals surface area contributed by atoms with E-state index in [2.05, 4.69) is 34.4 Å². The Kier molecular flexibility index (Phi) is 5.73. The molecule has 5 nitrogen and oxygen atoms in total. The summed E-state index contributed by atoms with van der Waals surface area (Å²) in [6.07, 6.45) is 1.69. The average Bonchev–Trinajstić information content (AvgIpc) is 2.36. The van der Waals surface area contributed by atoms with E-state index in [1.807, 2.05) is 20.8 Å². The first kappa shape index (κ1) is 15.4. The number of nitrogens with zero attached hydrogens (tertiary/aromatic N) is 2. The van der Waals surface area contributed by atoms with Gasteiger partial charge in [-0.15, -0.1) is 0 Å². The number of amides is 1. The highest BCUT2D eigenvalue weighted by atomic mass is 16.1. The second-order valence-corrected chi connectivity index (χ2v) is 5.28. The highest BCUT2D eigenvalue weighted by Gasteiger charge is 2.16. The van der Waals surface area contributed by atoms with Crippen molar-refractivity contribution in [2.45, 2.75) is 40.5 Å². The summed E-state index contributed by atoms with van der Waals surface area (Å²) in [6, 6.07) is 0. The predicted molar refractivity (Wildman–Crippen MR) is 77.5 cm³/mol. The van der Waals surface area contributed by atoms with E-state index in [0.29, 0.717) is 29.7 Å². The molecule has 5 heteroatoms. The van der Waals surface area contributed by atoms with E-state index in [-0.39, 0.29) is 11.8 Å². The highest BCUT2D eigenvalue weighted by molar-refractivity contribution is 5.97. The first-order valence-corrected chi connectivity index (χ1v) is 6.84. The van der Waals surface area contributed by atoms with Crippen LogP contribution in [0.2, 0.25) is 0 Å². The molecule has 19 heavy (non-hydrogen) atoms. The number of anilines is 1. The first-order valence-electron chi connectivity index (χ1n) is 6.84. The number of rotatable bonds is 6. The summed E-state index contributed by atoms with van der Waals surface area (Å²) < 4.78 is 0. The standard InChI is InChI=1S/C14H24N4O/c1-6-15-11-8-16-13(10(4)5)18-12(11)14(19)17-7-9(2)3/h8-10,15H,6-7H2,1-5H3,(H,17,19). The molecule has 0 unspecified atom stereocenters. The van der Waals surface area contributed by atoms with E-state index < -0.39 is 0 Å². The molecule has 0 aliphatic carbocycles. The smallest absolute Gasteiger partial charge is 0.272 e. The number of carbonyl (C=O) groups is 1. The molecule has 0 aliphatic rings. The lowest BCUT2D eigenvalue weighted by Gasteiger charge is -2.13. The van der Waals surface area contributed by atoms with Crippen LogP contribution in [0.5, 0.6) is 0 Å². The summed E-state index contributed by atoms with van der Waals surface area (Å²) in [5, 5.41) is 6.02. The third-order valence-electron chi connectivity index (χ3n) is 2.58. The number of nitrogens with one attached hydrogen (secondary N) is 2. The number of aromatic nitrogens is 2. The molecule has 1 rings (SSSR count). The molecular weight excluding hydrogens is 240 g/mol. The SMILES string of the molecule is CCNc1cnc(C(C)C)nc1C(=O)NCC(C)C. The number of hydrogen-bond donors (Lipinski definition) is 2. The Morgan fingerprint density at radius 1 is 1.32 bits per heavy atom. The molecule has 0 atom stereocenters. The predicted octanol–water partition coefficient (Wildman–Crippen LogP) is 2.42. The van der Waals surface area contributed by atoms with Crippen molar-refractivity contribution in [2.75, 3.05) is 18.4 Å². The van der Waals surface area contributed by atoms with Crippen LogP contribution in [0.15, 0.2) is 6.20 Å². The van der Waals surface area contributed by atoms with Crippen molar-refractivity contribution in [2.24, 2.45) is 5.92 Å². The van der Waals surface area contributed by atoms with E-state index in [0.717, 1.165) is 6.54 Å². The largest absolute Gasteiger partial charge is 0.382 e. The maximum atomic E-state index is 12.2. The van der Waals surface area contributed by atoms with Gasteiger partial charge in [0.25, 0.3) is 5.91 Å². The Labute approximate surface area is 115 Å². The quantitative estimate of drug-likeness (QED) is 0.828. The highest BCUT2D eigenvalue weighted by Crippen LogP contribution is 2.16. The van der Waals surface area contributed by atoms with Crippen molar-refractivity contribution in [1.29, 1.82) is 0 Å². The molecule has 106 valence electrons. The molecule has 0 saturated heterocycles. The topological polar surface area (TPSA) is 66.9 Å². The van der Waals surface area contributed by atoms with E-state index in [1.165, 1.54) is 0 Å². The summed E-state index contributed by atoms with van der Waals surface area (Å²) >= 11 is 0. The van der Waals surface area contributed by atoms with Crippen LogP contribution in [0, 0.1) is 5.92 Å². The Bertz CT molecular complexity index is 429. The molecule has 1 aromatic heterocycles. The lowest BCUT2D eigenvalue weighted by molar-refractivity contribution is 0.0944. The van der Waals surface area contributed by atoms with E-state index in [1.54, 1.807) is 6.20 Å². The molecular formula is C14H24N4O. The minimum Gasteiger partial charge on any atom is -0.382 e. The van der Waals surface area contributed by atoms with Crippen molar-refractivity contribution in [3.63, 3.8) is 0 Å². The van der Waals surface area contributed by atoms with Gasteiger partial charge >= 0.3 is 0 Å². The van der Waals surface area contributed by atoms with Gasteiger partial charge in [0.05, 0.1) is 11.9 Å². The average molecular weight is 264 g/mol. The zero-order valence-electron chi connectivity index (χ0n) is 12.4. The Morgan fingerprint density at radius 2 is 2.00 bits per heavy atom. The fourth-order valence-corrected chi connectivity index (χ4v) is 1.55. The third-order valence-corrected chi connectivity index (χ3v) is 2.58. The van der Waals surface area contributed by atoms with Crippen LogP contribution >= 0.6 is 0 Å². The van der Waals surface area contributed by atoms with E-state index in [4.69, 9.17) is 0 Å². The van der Waals surface area contributed by atoms with Gasteiger partial charge in [-0.1, -0.05) is 27.7 Å². The normalized spacial score (nSPS) is 10.9. The first-order chi connectivity index (χ1) is 8.95. The van der Waals surface area contributed by atoms with Crippen molar-refractivity contribution in [3.05, 3.63) is 17.7 Å². The fourth-order valence-electron chi connectivity index (χ4n) is 1.55. The molecule has 0 aliphatic heterocycles. The fraction of sp³-hybridized carbons (Fsp3) is 0.643. The van der Waals surface area contributed by atoms with Crippen molar-refractivity contribution in [1.82, 2.24) is 15.3 Å². The van der Waals surface area contributed by atoms with Crippen molar-refractivity contribution in [3.8, 4) is 0 Å². The van der Waals surface area contributed by atoms with Crippen LogP contribution in [-0.4, -0.2) is 29.0 Å². The Hall–Kier alpha value is -1.65. The zero-order chi connectivity index (χ0) is 14.4. The second-order valence-electron chi connectivity index (χ2n) is 5.28. The monoisotopic (exact) mass is 264 g/mol.